The second-order valence-corrected chi connectivity index (χ2v) is 3.68. The highest BCUT2D eigenvalue weighted by Gasteiger charge is 2.17. The van der Waals surface area contributed by atoms with Crippen LogP contribution in [0.2, 0.25) is 0 Å². The molecule has 3 aliphatic rings. The van der Waals surface area contributed by atoms with Gasteiger partial charge >= 0.3 is 0 Å². The fourth-order valence-corrected chi connectivity index (χ4v) is 1.89. The lowest BCUT2D eigenvalue weighted by atomic mass is 10.2. The van der Waals surface area contributed by atoms with E-state index >= 15 is 0 Å². The molecule has 0 aromatic heterocycles. The van der Waals surface area contributed by atoms with Gasteiger partial charge in [0.1, 0.15) is 0 Å². The topological polar surface area (TPSA) is 18.5 Å². The predicted molar refractivity (Wildman–Crippen MR) is 57.7 cm³/mol. The van der Waals surface area contributed by atoms with Gasteiger partial charge in [-0.15, -0.1) is 0 Å². The SMILES string of the molecule is c1cc2ccc(C3OCCO3)ccc-2c1. The highest BCUT2D eigenvalue weighted by atomic mass is 16.7. The fraction of sp³-hybridized carbons (Fsp3) is 0.231. The van der Waals surface area contributed by atoms with E-state index in [1.165, 1.54) is 11.1 Å². The molecule has 1 saturated heterocycles. The van der Waals surface area contributed by atoms with Gasteiger partial charge in [0.15, 0.2) is 6.29 Å². The first-order valence-electron chi connectivity index (χ1n) is 5.15. The zero-order chi connectivity index (χ0) is 10.1. The summed E-state index contributed by atoms with van der Waals surface area (Å²) >= 11 is 0. The molecule has 0 saturated carbocycles. The molecule has 15 heavy (non-hydrogen) atoms. The minimum Gasteiger partial charge on any atom is -0.346 e. The third-order valence-electron chi connectivity index (χ3n) is 2.69. The summed E-state index contributed by atoms with van der Waals surface area (Å²) in [7, 11) is 0. The Kier molecular flexibility index (Phi) is 2.16. The van der Waals surface area contributed by atoms with Gasteiger partial charge in [-0.2, -0.15) is 0 Å². The molecule has 0 bridgehead atoms. The largest absolute Gasteiger partial charge is 0.346 e. The third-order valence-corrected chi connectivity index (χ3v) is 2.69. The van der Waals surface area contributed by atoms with Crippen LogP contribution in [0.5, 0.6) is 0 Å². The van der Waals surface area contributed by atoms with Crippen molar-refractivity contribution in [1.82, 2.24) is 0 Å². The van der Waals surface area contributed by atoms with Gasteiger partial charge in [-0.1, -0.05) is 42.5 Å². The Hall–Kier alpha value is -1.38. The molecule has 76 valence electrons. The Morgan fingerprint density at radius 1 is 0.800 bits per heavy atom. The van der Waals surface area contributed by atoms with Crippen LogP contribution in [-0.4, -0.2) is 13.2 Å². The lowest BCUT2D eigenvalue weighted by molar-refractivity contribution is -0.0440. The first-order chi connectivity index (χ1) is 7.43. The Balaban J connectivity index is 2.01. The van der Waals surface area contributed by atoms with Crippen LogP contribution in [0.1, 0.15) is 11.9 Å². The van der Waals surface area contributed by atoms with Crippen molar-refractivity contribution in [1.29, 1.82) is 0 Å². The van der Waals surface area contributed by atoms with Crippen LogP contribution in [0.15, 0.2) is 42.5 Å². The fourth-order valence-electron chi connectivity index (χ4n) is 1.89. The number of ether oxygens (including phenoxy) is 2. The van der Waals surface area contributed by atoms with E-state index in [0.29, 0.717) is 13.2 Å². The van der Waals surface area contributed by atoms with E-state index in [0.717, 1.165) is 5.56 Å². The summed E-state index contributed by atoms with van der Waals surface area (Å²) in [6.45, 7) is 1.38. The molecule has 0 aromatic carbocycles. The van der Waals surface area contributed by atoms with Crippen LogP contribution in [0.3, 0.4) is 0 Å². The van der Waals surface area contributed by atoms with Gasteiger partial charge in [-0.3, -0.25) is 0 Å². The van der Waals surface area contributed by atoms with E-state index in [9.17, 15) is 0 Å². The van der Waals surface area contributed by atoms with Crippen molar-refractivity contribution in [2.24, 2.45) is 0 Å². The van der Waals surface area contributed by atoms with Crippen molar-refractivity contribution in [3.63, 3.8) is 0 Å². The first-order valence-corrected chi connectivity index (χ1v) is 5.15. The zero-order valence-corrected chi connectivity index (χ0v) is 8.35. The van der Waals surface area contributed by atoms with E-state index in [1.807, 2.05) is 0 Å². The Labute approximate surface area is 88.8 Å². The number of hydrogen-bond donors (Lipinski definition) is 0. The Bertz CT molecular complexity index is 402. The van der Waals surface area contributed by atoms with E-state index in [-0.39, 0.29) is 6.29 Å². The molecule has 2 aliphatic carbocycles. The van der Waals surface area contributed by atoms with Gasteiger partial charge in [0.2, 0.25) is 0 Å². The van der Waals surface area contributed by atoms with Gasteiger partial charge in [0.25, 0.3) is 0 Å². The summed E-state index contributed by atoms with van der Waals surface area (Å²) < 4.78 is 10.9. The maximum absolute atomic E-state index is 5.46. The molecule has 0 radical (unpaired) electrons. The summed E-state index contributed by atoms with van der Waals surface area (Å²) in [6.07, 6.45) is -0.179. The summed E-state index contributed by atoms with van der Waals surface area (Å²) in [4.78, 5) is 0. The summed E-state index contributed by atoms with van der Waals surface area (Å²) in [5.74, 6) is 0. The molecule has 2 nitrogen and oxygen atoms in total. The summed E-state index contributed by atoms with van der Waals surface area (Å²) in [6, 6.07) is 14.6. The minimum atomic E-state index is -0.179. The minimum absolute atomic E-state index is 0.179. The number of rotatable bonds is 1. The van der Waals surface area contributed by atoms with E-state index < -0.39 is 0 Å². The van der Waals surface area contributed by atoms with Crippen LogP contribution in [-0.2, 0) is 9.47 Å². The molecule has 0 unspecified atom stereocenters. The lowest BCUT2D eigenvalue weighted by Gasteiger charge is -2.06. The second kappa shape index (κ2) is 3.65. The molecule has 1 heterocycles. The van der Waals surface area contributed by atoms with Crippen LogP contribution < -0.4 is 0 Å². The van der Waals surface area contributed by atoms with Crippen molar-refractivity contribution >= 4 is 0 Å². The summed E-state index contributed by atoms with van der Waals surface area (Å²) in [5, 5.41) is 0. The molecule has 0 spiro atoms. The number of fused-ring (bicyclic) bond motifs is 1. The molecule has 0 aromatic rings. The van der Waals surface area contributed by atoms with Crippen LogP contribution in [0, 0.1) is 0 Å². The maximum atomic E-state index is 5.46. The van der Waals surface area contributed by atoms with E-state index in [1.54, 1.807) is 0 Å². The van der Waals surface area contributed by atoms with Gasteiger partial charge in [-0.25, -0.2) is 0 Å². The van der Waals surface area contributed by atoms with Crippen LogP contribution in [0.25, 0.3) is 11.1 Å². The molecule has 1 fully saturated rings. The van der Waals surface area contributed by atoms with Crippen LogP contribution >= 0.6 is 0 Å². The molecular weight excluding hydrogens is 188 g/mol. The predicted octanol–water partition coefficient (Wildman–Crippen LogP) is 2.84. The smallest absolute Gasteiger partial charge is 0.184 e. The average Bonchev–Trinajstić information content (AvgIpc) is 2.88. The quantitative estimate of drug-likeness (QED) is 0.704. The average molecular weight is 200 g/mol. The van der Waals surface area contributed by atoms with Gasteiger partial charge in [0, 0.05) is 5.56 Å². The normalized spacial score (nSPS) is 17.3. The number of hydrogen-bond acceptors (Lipinski definition) is 2. The molecule has 2 heteroatoms. The van der Waals surface area contributed by atoms with Gasteiger partial charge in [-0.05, 0) is 11.1 Å². The summed E-state index contributed by atoms with van der Waals surface area (Å²) in [5.41, 5.74) is 3.59. The van der Waals surface area contributed by atoms with E-state index in [4.69, 9.17) is 9.47 Å². The highest BCUT2D eigenvalue weighted by Crippen LogP contribution is 2.27. The molecular formula is C13H12O2. The Morgan fingerprint density at radius 2 is 1.40 bits per heavy atom. The van der Waals surface area contributed by atoms with Crippen molar-refractivity contribution in [3.8, 4) is 11.1 Å². The molecule has 0 atom stereocenters. The molecule has 0 N–H and O–H groups in total. The monoisotopic (exact) mass is 200 g/mol. The van der Waals surface area contributed by atoms with Crippen molar-refractivity contribution in [2.75, 3.05) is 13.2 Å². The van der Waals surface area contributed by atoms with Crippen molar-refractivity contribution in [3.05, 3.63) is 48.0 Å². The lowest BCUT2D eigenvalue weighted by Crippen LogP contribution is -1.95. The van der Waals surface area contributed by atoms with Crippen LogP contribution in [0.4, 0.5) is 0 Å². The zero-order valence-electron chi connectivity index (χ0n) is 8.35. The first kappa shape index (κ1) is 8.89. The molecule has 0 amide bonds. The Morgan fingerprint density at radius 3 is 2.00 bits per heavy atom. The molecule has 1 aliphatic heterocycles. The van der Waals surface area contributed by atoms with Gasteiger partial charge < -0.3 is 9.47 Å². The standard InChI is InChI=1S/C13H12O2/c1-2-10-4-6-12(7-5-11(10)3-1)13-14-8-9-15-13/h1-7,13H,8-9H2. The highest BCUT2D eigenvalue weighted by molar-refractivity contribution is 5.65. The van der Waals surface area contributed by atoms with Gasteiger partial charge in [0.05, 0.1) is 13.2 Å². The van der Waals surface area contributed by atoms with Crippen molar-refractivity contribution in [2.45, 2.75) is 6.29 Å². The third kappa shape index (κ3) is 1.62. The maximum Gasteiger partial charge on any atom is 0.184 e. The van der Waals surface area contributed by atoms with Crippen molar-refractivity contribution < 1.29 is 9.47 Å². The van der Waals surface area contributed by atoms with E-state index in [2.05, 4.69) is 42.5 Å². The second-order valence-electron chi connectivity index (χ2n) is 3.68. The molecule has 3 rings (SSSR count).